The van der Waals surface area contributed by atoms with Crippen molar-refractivity contribution in [2.75, 3.05) is 0 Å². The van der Waals surface area contributed by atoms with Gasteiger partial charge in [-0.15, -0.1) is 0 Å². The minimum absolute atomic E-state index is 0.330. The number of phenols is 2. The van der Waals surface area contributed by atoms with Gasteiger partial charge in [0.25, 0.3) is 0 Å². The third-order valence-corrected chi connectivity index (χ3v) is 4.75. The van der Waals surface area contributed by atoms with Crippen molar-refractivity contribution in [2.45, 2.75) is 34.5 Å². The molecule has 31 heavy (non-hydrogen) atoms. The van der Waals surface area contributed by atoms with Gasteiger partial charge in [0.05, 0.1) is 22.3 Å². The Morgan fingerprint density at radius 2 is 0.710 bits per heavy atom. The Morgan fingerprint density at radius 3 is 0.935 bits per heavy atom. The summed E-state index contributed by atoms with van der Waals surface area (Å²) >= 11 is -0.690. The largest absolute Gasteiger partial charge is 0.507 e. The minimum atomic E-state index is -5.48. The number of aromatic hydroxyl groups is 2. The van der Waals surface area contributed by atoms with E-state index in [4.69, 9.17) is 0 Å². The van der Waals surface area contributed by atoms with E-state index in [0.29, 0.717) is 0 Å². The number of alkyl halides is 12. The molecule has 0 heterocycles. The summed E-state index contributed by atoms with van der Waals surface area (Å²) < 4.78 is 157. The number of halogens is 12. The minimum Gasteiger partial charge on any atom is -0.507 e. The smallest absolute Gasteiger partial charge is 0.419 e. The second-order valence-corrected chi connectivity index (χ2v) is 6.91. The van der Waals surface area contributed by atoms with E-state index in [2.05, 4.69) is 0 Å². The van der Waals surface area contributed by atoms with Crippen LogP contribution >= 0.6 is 11.8 Å². The Labute approximate surface area is 168 Å². The lowest BCUT2D eigenvalue weighted by Crippen LogP contribution is -2.13. The molecule has 172 valence electrons. The highest BCUT2D eigenvalue weighted by molar-refractivity contribution is 7.99. The van der Waals surface area contributed by atoms with Crippen LogP contribution in [0.4, 0.5) is 52.7 Å². The average Bonchev–Trinajstić information content (AvgIpc) is 2.53. The lowest BCUT2D eigenvalue weighted by atomic mass is 10.1. The van der Waals surface area contributed by atoms with E-state index in [9.17, 15) is 62.9 Å². The van der Waals surface area contributed by atoms with E-state index in [1.807, 2.05) is 0 Å². The van der Waals surface area contributed by atoms with Crippen LogP contribution in [0.5, 0.6) is 11.5 Å². The second-order valence-electron chi connectivity index (χ2n) is 5.82. The van der Waals surface area contributed by atoms with Gasteiger partial charge in [-0.1, -0.05) is 11.8 Å². The molecule has 0 aliphatic heterocycles. The predicted molar refractivity (Wildman–Crippen MR) is 80.3 cm³/mol. The highest BCUT2D eigenvalue weighted by Gasteiger charge is 2.43. The van der Waals surface area contributed by atoms with E-state index in [-0.39, 0.29) is 12.1 Å². The van der Waals surface area contributed by atoms with Gasteiger partial charge in [0, 0.05) is 9.79 Å². The second kappa shape index (κ2) is 7.60. The van der Waals surface area contributed by atoms with Crippen LogP contribution in [0.1, 0.15) is 22.3 Å². The zero-order chi connectivity index (χ0) is 24.2. The molecule has 0 bridgehead atoms. The molecule has 0 atom stereocenters. The van der Waals surface area contributed by atoms with Gasteiger partial charge in [-0.2, -0.15) is 52.7 Å². The Balaban J connectivity index is 2.82. The normalized spacial score (nSPS) is 13.5. The summed E-state index contributed by atoms with van der Waals surface area (Å²) in [6.07, 6.45) is -21.8. The summed E-state index contributed by atoms with van der Waals surface area (Å²) in [6.45, 7) is 0. The summed E-state index contributed by atoms with van der Waals surface area (Å²) in [5.74, 6) is -3.77. The first kappa shape index (κ1) is 24.8. The third-order valence-electron chi connectivity index (χ3n) is 3.64. The average molecular weight is 490 g/mol. The Hall–Kier alpha value is -2.45. The number of benzene rings is 2. The maximum atomic E-state index is 13.2. The molecule has 2 aromatic carbocycles. The van der Waals surface area contributed by atoms with Crippen molar-refractivity contribution in [3.63, 3.8) is 0 Å². The summed E-state index contributed by atoms with van der Waals surface area (Å²) in [6, 6.07) is -1.46. The van der Waals surface area contributed by atoms with E-state index in [1.165, 1.54) is 0 Å². The van der Waals surface area contributed by atoms with Gasteiger partial charge in [0.2, 0.25) is 0 Å². The van der Waals surface area contributed by atoms with Crippen molar-refractivity contribution in [2.24, 2.45) is 0 Å². The van der Waals surface area contributed by atoms with Gasteiger partial charge < -0.3 is 10.2 Å². The first-order valence-electron chi connectivity index (χ1n) is 7.43. The Kier molecular flexibility index (Phi) is 6.08. The lowest BCUT2D eigenvalue weighted by molar-refractivity contribution is -0.144. The van der Waals surface area contributed by atoms with Crippen LogP contribution in [-0.2, 0) is 24.7 Å². The molecule has 0 spiro atoms. The van der Waals surface area contributed by atoms with E-state index in [1.54, 1.807) is 0 Å². The van der Waals surface area contributed by atoms with Gasteiger partial charge in [-0.3, -0.25) is 0 Å². The molecule has 2 aromatic rings. The molecule has 2 rings (SSSR count). The molecule has 0 aromatic heterocycles. The number of rotatable bonds is 2. The predicted octanol–water partition coefficient (Wildman–Crippen LogP) is 7.32. The van der Waals surface area contributed by atoms with Crippen molar-refractivity contribution in [1.82, 2.24) is 0 Å². The number of hydrogen-bond donors (Lipinski definition) is 2. The van der Waals surface area contributed by atoms with Gasteiger partial charge in [0.1, 0.15) is 11.5 Å². The molecular weight excluding hydrogens is 484 g/mol. The Bertz CT molecular complexity index is 907. The van der Waals surface area contributed by atoms with Crippen LogP contribution in [0.2, 0.25) is 0 Å². The Morgan fingerprint density at radius 1 is 0.452 bits per heavy atom. The lowest BCUT2D eigenvalue weighted by Gasteiger charge is -2.20. The fraction of sp³-hybridized carbons (Fsp3) is 0.250. The molecule has 0 saturated carbocycles. The van der Waals surface area contributed by atoms with Crippen LogP contribution in [0.3, 0.4) is 0 Å². The monoisotopic (exact) mass is 490 g/mol. The molecule has 0 saturated heterocycles. The van der Waals surface area contributed by atoms with Crippen LogP contribution in [0, 0.1) is 0 Å². The molecule has 0 unspecified atom stereocenters. The zero-order valence-corrected chi connectivity index (χ0v) is 15.0. The van der Waals surface area contributed by atoms with Gasteiger partial charge in [-0.05, 0) is 24.3 Å². The van der Waals surface area contributed by atoms with Crippen molar-refractivity contribution in [1.29, 1.82) is 0 Å². The third kappa shape index (κ3) is 5.43. The molecule has 0 amide bonds. The van der Waals surface area contributed by atoms with Crippen molar-refractivity contribution in [3.05, 3.63) is 46.5 Å². The van der Waals surface area contributed by atoms with Crippen LogP contribution in [0.25, 0.3) is 0 Å². The molecule has 2 nitrogen and oxygen atoms in total. The summed E-state index contributed by atoms with van der Waals surface area (Å²) in [5, 5.41) is 18.5. The number of hydrogen-bond acceptors (Lipinski definition) is 3. The molecule has 0 fully saturated rings. The fourth-order valence-electron chi connectivity index (χ4n) is 2.32. The topological polar surface area (TPSA) is 40.5 Å². The van der Waals surface area contributed by atoms with Crippen molar-refractivity contribution >= 4 is 11.8 Å². The van der Waals surface area contributed by atoms with Crippen LogP contribution in [0.15, 0.2) is 34.1 Å². The SMILES string of the molecule is Oc1cc(C(F)(F)F)c(Sc2cc(C(F)(F)F)c(O)cc2C(F)(F)F)cc1C(F)(F)F. The van der Waals surface area contributed by atoms with Crippen LogP contribution < -0.4 is 0 Å². The summed E-state index contributed by atoms with van der Waals surface area (Å²) in [7, 11) is 0. The molecule has 0 aliphatic rings. The van der Waals surface area contributed by atoms with E-state index < -0.39 is 92.1 Å². The molecule has 0 radical (unpaired) electrons. The first-order valence-corrected chi connectivity index (χ1v) is 8.25. The molecule has 2 N–H and O–H groups in total. The van der Waals surface area contributed by atoms with Gasteiger partial charge in [0.15, 0.2) is 0 Å². The fourth-order valence-corrected chi connectivity index (χ4v) is 3.48. The van der Waals surface area contributed by atoms with E-state index in [0.717, 1.165) is 0 Å². The standard InChI is InChI=1S/C16H6F12O2S/c17-13(18,19)5-3-11(7(1-9(5)29)15(23,24)25)31-12-4-6(14(20,21)22)10(30)2-8(12)16(26,27)28/h1-4,29-30H. The maximum Gasteiger partial charge on any atom is 0.419 e. The van der Waals surface area contributed by atoms with Crippen molar-refractivity contribution < 1.29 is 62.9 Å². The maximum absolute atomic E-state index is 13.2. The summed E-state index contributed by atoms with van der Waals surface area (Å²) in [5.41, 5.74) is -8.13. The van der Waals surface area contributed by atoms with Crippen molar-refractivity contribution in [3.8, 4) is 11.5 Å². The van der Waals surface area contributed by atoms with E-state index >= 15 is 0 Å². The molecular formula is C16H6F12O2S. The zero-order valence-electron chi connectivity index (χ0n) is 14.1. The number of phenolic OH excluding ortho intramolecular Hbond substituents is 2. The highest BCUT2D eigenvalue weighted by atomic mass is 32.2. The van der Waals surface area contributed by atoms with Gasteiger partial charge >= 0.3 is 24.7 Å². The first-order chi connectivity index (χ1) is 13.7. The molecule has 15 heteroatoms. The molecule has 0 aliphatic carbocycles. The highest BCUT2D eigenvalue weighted by Crippen LogP contribution is 2.50. The quantitative estimate of drug-likeness (QED) is 0.434. The van der Waals surface area contributed by atoms with Gasteiger partial charge in [-0.25, -0.2) is 0 Å². The van der Waals surface area contributed by atoms with Crippen LogP contribution in [-0.4, -0.2) is 10.2 Å². The summed E-state index contributed by atoms with van der Waals surface area (Å²) in [4.78, 5) is -3.11.